The highest BCUT2D eigenvalue weighted by Crippen LogP contribution is 2.30. The summed E-state index contributed by atoms with van der Waals surface area (Å²) in [5, 5.41) is 10.6. The lowest BCUT2D eigenvalue weighted by Gasteiger charge is -2.17. The monoisotopic (exact) mass is 272 g/mol. The Balaban J connectivity index is 1.85. The maximum Gasteiger partial charge on any atom is 0.121 e. The average Bonchev–Trinajstić information content (AvgIpc) is 3.10. The number of benzene rings is 1. The van der Waals surface area contributed by atoms with Crippen molar-refractivity contribution in [3.05, 3.63) is 48.0 Å². The van der Waals surface area contributed by atoms with Gasteiger partial charge in [-0.1, -0.05) is 12.1 Å². The van der Waals surface area contributed by atoms with Crippen LogP contribution in [0.1, 0.15) is 50.1 Å². The van der Waals surface area contributed by atoms with E-state index in [1.54, 1.807) is 12.5 Å². The Kier molecular flexibility index (Phi) is 3.49. The van der Waals surface area contributed by atoms with Gasteiger partial charge < -0.3 is 14.4 Å². The van der Waals surface area contributed by atoms with Gasteiger partial charge in [0.05, 0.1) is 24.3 Å². The van der Waals surface area contributed by atoms with Gasteiger partial charge in [0, 0.05) is 6.04 Å². The zero-order chi connectivity index (χ0) is 14.1. The van der Waals surface area contributed by atoms with Crippen LogP contribution < -0.4 is 4.74 Å². The fourth-order valence-corrected chi connectivity index (χ4v) is 2.27. The number of ether oxygens (including phenoxy) is 1. The van der Waals surface area contributed by atoms with Crippen LogP contribution >= 0.6 is 0 Å². The first-order valence-electron chi connectivity index (χ1n) is 7.11. The highest BCUT2D eigenvalue weighted by Gasteiger charge is 2.24. The third-order valence-corrected chi connectivity index (χ3v) is 3.53. The van der Waals surface area contributed by atoms with E-state index in [4.69, 9.17) is 4.74 Å². The fourth-order valence-electron chi connectivity index (χ4n) is 2.27. The second kappa shape index (κ2) is 5.29. The van der Waals surface area contributed by atoms with Gasteiger partial charge in [-0.05, 0) is 44.4 Å². The van der Waals surface area contributed by atoms with Gasteiger partial charge in [-0.25, -0.2) is 4.98 Å². The minimum Gasteiger partial charge on any atom is -0.490 e. The molecule has 106 valence electrons. The molecule has 0 aliphatic heterocycles. The predicted octanol–water partition coefficient (Wildman–Crippen LogP) is 3.09. The van der Waals surface area contributed by atoms with E-state index in [1.807, 2.05) is 28.8 Å². The normalized spacial score (nSPS) is 16.4. The molecule has 3 rings (SSSR count). The van der Waals surface area contributed by atoms with Crippen LogP contribution in [0.2, 0.25) is 0 Å². The molecule has 2 aromatic rings. The molecule has 1 N–H and O–H groups in total. The van der Waals surface area contributed by atoms with Gasteiger partial charge >= 0.3 is 0 Å². The molecule has 1 aromatic heterocycles. The summed E-state index contributed by atoms with van der Waals surface area (Å²) in [5.74, 6) is 0.833. The summed E-state index contributed by atoms with van der Waals surface area (Å²) < 4.78 is 7.76. The zero-order valence-corrected chi connectivity index (χ0v) is 11.9. The molecule has 0 radical (unpaired) electrons. The summed E-state index contributed by atoms with van der Waals surface area (Å²) in [6, 6.07) is 7.97. The highest BCUT2D eigenvalue weighted by molar-refractivity contribution is 5.33. The van der Waals surface area contributed by atoms with Crippen molar-refractivity contribution >= 4 is 0 Å². The molecule has 1 aliphatic carbocycles. The molecule has 1 aliphatic rings. The van der Waals surface area contributed by atoms with Crippen LogP contribution in [0.3, 0.4) is 0 Å². The highest BCUT2D eigenvalue weighted by atomic mass is 16.5. The van der Waals surface area contributed by atoms with E-state index in [2.05, 4.69) is 18.8 Å². The minimum absolute atomic E-state index is 0.271. The first-order valence-corrected chi connectivity index (χ1v) is 7.11. The Morgan fingerprint density at radius 2 is 2.15 bits per heavy atom. The quantitative estimate of drug-likeness (QED) is 0.910. The molecule has 0 saturated heterocycles. The molecule has 1 unspecified atom stereocenters. The third kappa shape index (κ3) is 2.70. The van der Waals surface area contributed by atoms with Crippen LogP contribution in [-0.2, 0) is 0 Å². The van der Waals surface area contributed by atoms with Crippen LogP contribution in [0.15, 0.2) is 36.8 Å². The molecule has 1 atom stereocenters. The number of aliphatic hydroxyl groups excluding tert-OH is 1. The second-order valence-electron chi connectivity index (χ2n) is 5.61. The summed E-state index contributed by atoms with van der Waals surface area (Å²) >= 11 is 0. The summed E-state index contributed by atoms with van der Waals surface area (Å²) in [4.78, 5) is 4.14. The van der Waals surface area contributed by atoms with Gasteiger partial charge in [0.2, 0.25) is 0 Å². The molecule has 0 spiro atoms. The number of aromatic nitrogens is 2. The maximum absolute atomic E-state index is 10.6. The molecular weight excluding hydrogens is 252 g/mol. The van der Waals surface area contributed by atoms with Crippen molar-refractivity contribution in [3.8, 4) is 5.75 Å². The Hall–Kier alpha value is -1.81. The van der Waals surface area contributed by atoms with Crippen molar-refractivity contribution in [3.63, 3.8) is 0 Å². The van der Waals surface area contributed by atoms with Gasteiger partial charge in [0.1, 0.15) is 11.9 Å². The van der Waals surface area contributed by atoms with Crippen molar-refractivity contribution < 1.29 is 9.84 Å². The number of nitrogens with zero attached hydrogens (tertiary/aromatic N) is 2. The van der Waals surface area contributed by atoms with E-state index in [-0.39, 0.29) is 6.04 Å². The number of hydrogen-bond acceptors (Lipinski definition) is 3. The standard InChI is InChI=1S/C16H20N2O2/c1-11(2)18-10-17-9-15(18)16(19)12-4-3-5-14(8-12)20-13-6-7-13/h3-5,8-11,13,16,19H,6-7H2,1-2H3. The molecule has 4 heteroatoms. The Bertz CT molecular complexity index is 588. The molecule has 4 nitrogen and oxygen atoms in total. The van der Waals surface area contributed by atoms with Crippen molar-refractivity contribution in [2.45, 2.75) is 44.9 Å². The van der Waals surface area contributed by atoms with Gasteiger partial charge in [-0.15, -0.1) is 0 Å². The largest absolute Gasteiger partial charge is 0.490 e. The van der Waals surface area contributed by atoms with Crippen molar-refractivity contribution in [1.82, 2.24) is 9.55 Å². The lowest BCUT2D eigenvalue weighted by atomic mass is 10.1. The molecule has 20 heavy (non-hydrogen) atoms. The minimum atomic E-state index is -0.678. The van der Waals surface area contributed by atoms with Crippen molar-refractivity contribution in [1.29, 1.82) is 0 Å². The van der Waals surface area contributed by atoms with Crippen molar-refractivity contribution in [2.24, 2.45) is 0 Å². The lowest BCUT2D eigenvalue weighted by Crippen LogP contribution is -2.10. The molecule has 1 fully saturated rings. The van der Waals surface area contributed by atoms with Crippen LogP contribution in [0.4, 0.5) is 0 Å². The van der Waals surface area contributed by atoms with Crippen LogP contribution in [-0.4, -0.2) is 20.8 Å². The van der Waals surface area contributed by atoms with E-state index in [0.29, 0.717) is 6.10 Å². The summed E-state index contributed by atoms with van der Waals surface area (Å²) in [6.07, 6.45) is 5.43. The third-order valence-electron chi connectivity index (χ3n) is 3.53. The van der Waals surface area contributed by atoms with E-state index in [1.165, 1.54) is 0 Å². The number of aliphatic hydroxyl groups is 1. The number of hydrogen-bond donors (Lipinski definition) is 1. The Morgan fingerprint density at radius 1 is 1.35 bits per heavy atom. The Labute approximate surface area is 119 Å². The second-order valence-corrected chi connectivity index (χ2v) is 5.61. The molecule has 1 aromatic carbocycles. The van der Waals surface area contributed by atoms with Gasteiger partial charge in [0.25, 0.3) is 0 Å². The maximum atomic E-state index is 10.6. The van der Waals surface area contributed by atoms with Crippen LogP contribution in [0, 0.1) is 0 Å². The zero-order valence-electron chi connectivity index (χ0n) is 11.9. The summed E-state index contributed by atoms with van der Waals surface area (Å²) in [6.45, 7) is 4.15. The summed E-state index contributed by atoms with van der Waals surface area (Å²) in [5.41, 5.74) is 1.65. The average molecular weight is 272 g/mol. The van der Waals surface area contributed by atoms with E-state index in [9.17, 15) is 5.11 Å². The molecular formula is C16H20N2O2. The predicted molar refractivity (Wildman–Crippen MR) is 76.8 cm³/mol. The fraction of sp³-hybridized carbons (Fsp3) is 0.438. The molecule has 1 heterocycles. The molecule has 0 amide bonds. The first-order chi connectivity index (χ1) is 9.65. The Morgan fingerprint density at radius 3 is 2.85 bits per heavy atom. The number of imidazole rings is 1. The molecule has 1 saturated carbocycles. The van der Waals surface area contributed by atoms with Gasteiger partial charge in [-0.3, -0.25) is 0 Å². The van der Waals surface area contributed by atoms with Crippen LogP contribution in [0.25, 0.3) is 0 Å². The van der Waals surface area contributed by atoms with E-state index >= 15 is 0 Å². The number of rotatable bonds is 5. The van der Waals surface area contributed by atoms with E-state index in [0.717, 1.165) is 29.8 Å². The topological polar surface area (TPSA) is 47.3 Å². The van der Waals surface area contributed by atoms with Gasteiger partial charge in [0.15, 0.2) is 0 Å². The molecule has 0 bridgehead atoms. The van der Waals surface area contributed by atoms with E-state index < -0.39 is 6.10 Å². The smallest absolute Gasteiger partial charge is 0.121 e. The lowest BCUT2D eigenvalue weighted by molar-refractivity contribution is 0.207. The van der Waals surface area contributed by atoms with Gasteiger partial charge in [-0.2, -0.15) is 0 Å². The SMILES string of the molecule is CC(C)n1cncc1C(O)c1cccc(OC2CC2)c1. The van der Waals surface area contributed by atoms with Crippen LogP contribution in [0.5, 0.6) is 5.75 Å². The van der Waals surface area contributed by atoms with Crippen molar-refractivity contribution in [2.75, 3.05) is 0 Å². The summed E-state index contributed by atoms with van der Waals surface area (Å²) in [7, 11) is 0. The first kappa shape index (κ1) is 13.2.